The number of carbonyl (C=O) groups excluding carboxylic acids is 3. The van der Waals surface area contributed by atoms with Crippen LogP contribution < -0.4 is 10.6 Å². The fourth-order valence-electron chi connectivity index (χ4n) is 2.81. The first-order valence-corrected chi connectivity index (χ1v) is 12.7. The number of hydrogen-bond donors (Lipinski definition) is 3. The fourth-order valence-corrected chi connectivity index (χ4v) is 3.64. The minimum Gasteiger partial charge on any atom is -0.444 e. The number of hydrogen-bond acceptors (Lipinski definition) is 8. The molecule has 0 radical (unpaired) electrons. The number of thiazole rings is 1. The Morgan fingerprint density at radius 2 is 1.81 bits per heavy atom. The summed E-state index contributed by atoms with van der Waals surface area (Å²) in [6.07, 6.45) is 1.96. The van der Waals surface area contributed by atoms with Gasteiger partial charge in [0.15, 0.2) is 11.3 Å². The molecule has 0 unspecified atom stereocenters. The summed E-state index contributed by atoms with van der Waals surface area (Å²) in [5.74, 6) is -0.154. The normalized spacial score (nSPS) is 10.5. The number of amides is 1. The summed E-state index contributed by atoms with van der Waals surface area (Å²) in [5, 5.41) is 6.79. The number of rotatable bonds is 9. The number of ketones is 1. The number of aromatic amines is 1. The van der Waals surface area contributed by atoms with Gasteiger partial charge in [0.1, 0.15) is 11.3 Å². The number of aromatic nitrogens is 2. The van der Waals surface area contributed by atoms with Gasteiger partial charge in [0.05, 0.1) is 18.8 Å². The van der Waals surface area contributed by atoms with E-state index in [2.05, 4.69) is 20.6 Å². The summed E-state index contributed by atoms with van der Waals surface area (Å²) >= 11 is 1.25. The Labute approximate surface area is 217 Å². The number of carbonyl (C=O) groups is 3. The average Bonchev–Trinajstić information content (AvgIpc) is 3.45. The molecule has 0 spiro atoms. The lowest BCUT2D eigenvalue weighted by Crippen LogP contribution is -2.34. The number of nitrogens with zero attached hydrogens (tertiary/aromatic N) is 1. The van der Waals surface area contributed by atoms with Crippen molar-refractivity contribution in [3.05, 3.63) is 51.6 Å². The lowest BCUT2D eigenvalue weighted by Gasteiger charge is -2.19. The van der Waals surface area contributed by atoms with Crippen LogP contribution >= 0.6 is 11.3 Å². The monoisotopic (exact) mass is 518 g/mol. The standard InChI is InChI=1S/C14H10N2O2S.C10H22N2O3.C2H6/c1-8-12(7-17)16-14(19-8)13(18)10-6-15-11-5-3-2-4-9(10)11;1-10(2,3)15-9(13)12-6-8-14-7-5-11-4;1-2/h2-7,15H,1H3;11H,5-8H2,1-4H3,(H,12,13);1-2H3. The van der Waals surface area contributed by atoms with Crippen LogP contribution in [0.1, 0.15) is 65.3 Å². The molecule has 3 aromatic rings. The van der Waals surface area contributed by atoms with Gasteiger partial charge in [-0.05, 0) is 40.8 Å². The molecule has 0 aliphatic rings. The highest BCUT2D eigenvalue weighted by atomic mass is 32.1. The number of fused-ring (bicyclic) bond motifs is 1. The van der Waals surface area contributed by atoms with Gasteiger partial charge in [0, 0.05) is 35.1 Å². The van der Waals surface area contributed by atoms with E-state index in [-0.39, 0.29) is 5.78 Å². The van der Waals surface area contributed by atoms with Crippen LogP contribution in [0, 0.1) is 6.92 Å². The van der Waals surface area contributed by atoms with Gasteiger partial charge in [-0.1, -0.05) is 32.0 Å². The second-order valence-electron chi connectivity index (χ2n) is 8.30. The van der Waals surface area contributed by atoms with Crippen molar-refractivity contribution in [2.24, 2.45) is 0 Å². The molecule has 0 fully saturated rings. The molecule has 1 amide bonds. The third-order valence-corrected chi connectivity index (χ3v) is 5.37. The van der Waals surface area contributed by atoms with Crippen molar-refractivity contribution in [1.82, 2.24) is 20.6 Å². The van der Waals surface area contributed by atoms with E-state index in [4.69, 9.17) is 9.47 Å². The Kier molecular flexibility index (Phi) is 13.6. The van der Waals surface area contributed by atoms with Gasteiger partial charge in [0.25, 0.3) is 0 Å². The molecule has 0 saturated heterocycles. The zero-order chi connectivity index (χ0) is 27.1. The predicted molar refractivity (Wildman–Crippen MR) is 144 cm³/mol. The lowest BCUT2D eigenvalue weighted by atomic mass is 10.1. The summed E-state index contributed by atoms with van der Waals surface area (Å²) in [5.41, 5.74) is 1.39. The Morgan fingerprint density at radius 1 is 1.14 bits per heavy atom. The highest BCUT2D eigenvalue weighted by molar-refractivity contribution is 7.14. The predicted octanol–water partition coefficient (Wildman–Crippen LogP) is 4.75. The minimum absolute atomic E-state index is 0.154. The highest BCUT2D eigenvalue weighted by Crippen LogP contribution is 2.24. The van der Waals surface area contributed by atoms with E-state index in [9.17, 15) is 14.4 Å². The summed E-state index contributed by atoms with van der Waals surface area (Å²) < 4.78 is 10.3. The molecule has 0 saturated carbocycles. The van der Waals surface area contributed by atoms with Crippen molar-refractivity contribution in [3.63, 3.8) is 0 Å². The van der Waals surface area contributed by atoms with E-state index in [0.29, 0.717) is 42.3 Å². The number of aryl methyl sites for hydroxylation is 1. The van der Waals surface area contributed by atoms with Gasteiger partial charge in [-0.15, -0.1) is 11.3 Å². The maximum absolute atomic E-state index is 12.4. The molecule has 1 aromatic carbocycles. The van der Waals surface area contributed by atoms with Gasteiger partial charge in [-0.3, -0.25) is 9.59 Å². The van der Waals surface area contributed by atoms with E-state index >= 15 is 0 Å². The Morgan fingerprint density at radius 3 is 2.42 bits per heavy atom. The maximum Gasteiger partial charge on any atom is 0.407 e. The van der Waals surface area contributed by atoms with Gasteiger partial charge < -0.3 is 25.1 Å². The topological polar surface area (TPSA) is 122 Å². The molecule has 0 aliphatic carbocycles. The van der Waals surface area contributed by atoms with Crippen LogP contribution in [0.4, 0.5) is 4.79 Å². The first-order chi connectivity index (χ1) is 17.2. The van der Waals surface area contributed by atoms with Crippen molar-refractivity contribution >= 4 is 40.4 Å². The van der Waals surface area contributed by atoms with Crippen molar-refractivity contribution in [1.29, 1.82) is 0 Å². The maximum atomic E-state index is 12.4. The molecule has 36 heavy (non-hydrogen) atoms. The van der Waals surface area contributed by atoms with Crippen LogP contribution in [0.3, 0.4) is 0 Å². The first-order valence-electron chi connectivity index (χ1n) is 11.9. The molecule has 198 valence electrons. The van der Waals surface area contributed by atoms with Gasteiger partial charge in [0.2, 0.25) is 5.78 Å². The second-order valence-corrected chi connectivity index (χ2v) is 9.50. The zero-order valence-corrected chi connectivity index (χ0v) is 23.0. The number of benzene rings is 1. The fraction of sp³-hybridized carbons (Fsp3) is 0.462. The third kappa shape index (κ3) is 10.3. The van der Waals surface area contributed by atoms with Crippen molar-refractivity contribution in [2.45, 2.75) is 47.1 Å². The van der Waals surface area contributed by atoms with E-state index in [0.717, 1.165) is 22.3 Å². The molecule has 0 aliphatic heterocycles. The summed E-state index contributed by atoms with van der Waals surface area (Å²) in [4.78, 5) is 42.3. The van der Waals surface area contributed by atoms with Crippen LogP contribution in [0.25, 0.3) is 10.9 Å². The van der Waals surface area contributed by atoms with E-state index in [1.807, 2.05) is 65.9 Å². The Bertz CT molecular complexity index is 1100. The lowest BCUT2D eigenvalue weighted by molar-refractivity contribution is 0.0500. The zero-order valence-electron chi connectivity index (χ0n) is 22.2. The molecular formula is C26H38N4O5S. The molecular weight excluding hydrogens is 480 g/mol. The Balaban J connectivity index is 0.000000348. The molecule has 9 nitrogen and oxygen atoms in total. The number of nitrogens with one attached hydrogen (secondary N) is 3. The average molecular weight is 519 g/mol. The molecule has 3 N–H and O–H groups in total. The van der Waals surface area contributed by atoms with Crippen molar-refractivity contribution < 1.29 is 23.9 Å². The quantitative estimate of drug-likeness (QED) is 0.212. The van der Waals surface area contributed by atoms with Crippen LogP contribution in [0.15, 0.2) is 30.5 Å². The SMILES string of the molecule is CC.CNCCOCCNC(=O)OC(C)(C)C.Cc1sc(C(=O)c2c[nH]c3ccccc23)nc1C=O. The van der Waals surface area contributed by atoms with E-state index < -0.39 is 11.7 Å². The van der Waals surface area contributed by atoms with Crippen LogP contribution in [-0.4, -0.2) is 67.1 Å². The summed E-state index contributed by atoms with van der Waals surface area (Å²) in [6.45, 7) is 13.7. The number of para-hydroxylation sites is 1. The van der Waals surface area contributed by atoms with Gasteiger partial charge in [-0.2, -0.15) is 0 Å². The highest BCUT2D eigenvalue weighted by Gasteiger charge is 2.19. The summed E-state index contributed by atoms with van der Waals surface area (Å²) in [6, 6.07) is 7.60. The molecule has 2 aromatic heterocycles. The minimum atomic E-state index is -0.447. The molecule has 10 heteroatoms. The van der Waals surface area contributed by atoms with Gasteiger partial charge in [-0.25, -0.2) is 9.78 Å². The number of likely N-dealkylation sites (N-methyl/N-ethyl adjacent to an activating group) is 1. The number of alkyl carbamates (subject to hydrolysis) is 1. The van der Waals surface area contributed by atoms with Crippen molar-refractivity contribution in [2.75, 3.05) is 33.4 Å². The van der Waals surface area contributed by atoms with Crippen LogP contribution in [0.2, 0.25) is 0 Å². The molecule has 3 rings (SSSR count). The third-order valence-electron chi connectivity index (χ3n) is 4.38. The largest absolute Gasteiger partial charge is 0.444 e. The molecule has 0 bridgehead atoms. The Hall–Kier alpha value is -3.08. The second kappa shape index (κ2) is 15.8. The van der Waals surface area contributed by atoms with Gasteiger partial charge >= 0.3 is 6.09 Å². The summed E-state index contributed by atoms with van der Waals surface area (Å²) in [7, 11) is 1.86. The van der Waals surface area contributed by atoms with Crippen molar-refractivity contribution in [3.8, 4) is 0 Å². The first kappa shape index (κ1) is 31.0. The number of aldehydes is 1. The van der Waals surface area contributed by atoms with Crippen LogP contribution in [-0.2, 0) is 9.47 Å². The van der Waals surface area contributed by atoms with E-state index in [1.165, 1.54) is 11.3 Å². The van der Waals surface area contributed by atoms with Crippen LogP contribution in [0.5, 0.6) is 0 Å². The smallest absolute Gasteiger partial charge is 0.407 e. The molecule has 0 atom stereocenters. The number of H-pyrrole nitrogens is 1. The van der Waals surface area contributed by atoms with E-state index in [1.54, 1.807) is 13.1 Å². The number of ether oxygens (including phenoxy) is 2. The molecule has 2 heterocycles.